The fourth-order valence-electron chi connectivity index (χ4n) is 2.04. The van der Waals surface area contributed by atoms with Crippen LogP contribution in [0, 0.1) is 6.92 Å². The summed E-state index contributed by atoms with van der Waals surface area (Å²) in [5, 5.41) is 2.65. The van der Waals surface area contributed by atoms with Crippen molar-refractivity contribution in [1.29, 1.82) is 0 Å². The van der Waals surface area contributed by atoms with Gasteiger partial charge in [-0.15, -0.1) is 0 Å². The number of thiocarbonyl (C=S) groups is 1. The molecule has 0 spiro atoms. The summed E-state index contributed by atoms with van der Waals surface area (Å²) < 4.78 is 0.514. The SMILES string of the molecule is Cc1ccccc1Sc1ccccc1C=C1SC(=S)NC1=O. The van der Waals surface area contributed by atoms with Crippen molar-refractivity contribution in [3.63, 3.8) is 0 Å². The monoisotopic (exact) mass is 343 g/mol. The van der Waals surface area contributed by atoms with Crippen LogP contribution in [0.2, 0.25) is 0 Å². The van der Waals surface area contributed by atoms with Crippen LogP contribution in [-0.2, 0) is 4.79 Å². The van der Waals surface area contributed by atoms with Gasteiger partial charge in [0, 0.05) is 9.79 Å². The summed E-state index contributed by atoms with van der Waals surface area (Å²) in [6.07, 6.45) is 1.90. The Bertz CT molecular complexity index is 783. The van der Waals surface area contributed by atoms with Gasteiger partial charge in [0.2, 0.25) is 0 Å². The third kappa shape index (κ3) is 3.43. The molecule has 1 saturated heterocycles. The van der Waals surface area contributed by atoms with Gasteiger partial charge >= 0.3 is 0 Å². The lowest BCUT2D eigenvalue weighted by atomic mass is 10.2. The Kier molecular flexibility index (Phi) is 4.66. The zero-order chi connectivity index (χ0) is 15.5. The number of hydrogen-bond acceptors (Lipinski definition) is 4. The van der Waals surface area contributed by atoms with E-state index in [-0.39, 0.29) is 5.91 Å². The van der Waals surface area contributed by atoms with E-state index in [4.69, 9.17) is 12.2 Å². The molecular formula is C17H13NOS3. The van der Waals surface area contributed by atoms with Gasteiger partial charge in [-0.25, -0.2) is 0 Å². The summed E-state index contributed by atoms with van der Waals surface area (Å²) in [6.45, 7) is 2.10. The van der Waals surface area contributed by atoms with Crippen molar-refractivity contribution >= 4 is 52.0 Å². The van der Waals surface area contributed by atoms with Gasteiger partial charge in [-0.1, -0.05) is 72.1 Å². The second kappa shape index (κ2) is 6.69. The molecule has 22 heavy (non-hydrogen) atoms. The van der Waals surface area contributed by atoms with E-state index < -0.39 is 0 Å². The summed E-state index contributed by atoms with van der Waals surface area (Å²) in [5.74, 6) is -0.120. The van der Waals surface area contributed by atoms with E-state index >= 15 is 0 Å². The smallest absolute Gasteiger partial charge is 0.263 e. The van der Waals surface area contributed by atoms with Gasteiger partial charge in [0.15, 0.2) is 0 Å². The van der Waals surface area contributed by atoms with Crippen LogP contribution < -0.4 is 5.32 Å². The summed E-state index contributed by atoms with van der Waals surface area (Å²) >= 11 is 8.05. The highest BCUT2D eigenvalue weighted by Gasteiger charge is 2.22. The lowest BCUT2D eigenvalue weighted by Gasteiger charge is -2.08. The molecule has 5 heteroatoms. The van der Waals surface area contributed by atoms with Crippen LogP contribution >= 0.6 is 35.7 Å². The largest absolute Gasteiger partial charge is 0.307 e. The molecule has 2 aromatic carbocycles. The summed E-state index contributed by atoms with van der Waals surface area (Å²) in [5.41, 5.74) is 2.27. The first-order valence-corrected chi connectivity index (χ1v) is 8.75. The third-order valence-corrected chi connectivity index (χ3v) is 5.59. The molecule has 0 saturated carbocycles. The molecule has 0 aliphatic carbocycles. The van der Waals surface area contributed by atoms with Crippen LogP contribution in [0.15, 0.2) is 63.2 Å². The Morgan fingerprint density at radius 2 is 1.77 bits per heavy atom. The van der Waals surface area contributed by atoms with Crippen LogP contribution in [-0.4, -0.2) is 10.2 Å². The fourth-order valence-corrected chi connectivity index (χ4v) is 4.08. The molecule has 0 aromatic heterocycles. The molecule has 0 bridgehead atoms. The lowest BCUT2D eigenvalue weighted by Crippen LogP contribution is -2.17. The minimum absolute atomic E-state index is 0.120. The molecule has 1 aliphatic heterocycles. The molecule has 1 amide bonds. The molecule has 2 nitrogen and oxygen atoms in total. The Balaban J connectivity index is 1.94. The number of amides is 1. The predicted molar refractivity (Wildman–Crippen MR) is 98.1 cm³/mol. The van der Waals surface area contributed by atoms with Crippen molar-refractivity contribution in [3.8, 4) is 0 Å². The van der Waals surface area contributed by atoms with Crippen molar-refractivity contribution in [3.05, 3.63) is 64.6 Å². The molecule has 1 heterocycles. The number of aryl methyl sites for hydroxylation is 1. The molecule has 1 N–H and O–H groups in total. The van der Waals surface area contributed by atoms with Gasteiger partial charge in [-0.05, 0) is 36.3 Å². The van der Waals surface area contributed by atoms with E-state index in [0.717, 1.165) is 10.5 Å². The van der Waals surface area contributed by atoms with Crippen molar-refractivity contribution in [2.75, 3.05) is 0 Å². The van der Waals surface area contributed by atoms with E-state index in [1.54, 1.807) is 11.8 Å². The van der Waals surface area contributed by atoms with Gasteiger partial charge in [-0.3, -0.25) is 4.79 Å². The normalized spacial score (nSPS) is 16.1. The molecule has 1 fully saturated rings. The zero-order valence-electron chi connectivity index (χ0n) is 11.8. The first-order valence-electron chi connectivity index (χ1n) is 6.71. The van der Waals surface area contributed by atoms with E-state index in [9.17, 15) is 4.79 Å². The molecule has 0 unspecified atom stereocenters. The van der Waals surface area contributed by atoms with Crippen molar-refractivity contribution in [2.45, 2.75) is 16.7 Å². The van der Waals surface area contributed by atoms with Crippen LogP contribution in [0.1, 0.15) is 11.1 Å². The number of thioether (sulfide) groups is 1. The van der Waals surface area contributed by atoms with E-state index in [1.807, 2.05) is 36.4 Å². The number of nitrogens with one attached hydrogen (secondary N) is 1. The summed E-state index contributed by atoms with van der Waals surface area (Å²) in [6, 6.07) is 16.3. The average Bonchev–Trinajstić information content (AvgIpc) is 2.81. The third-order valence-electron chi connectivity index (χ3n) is 3.16. The molecule has 110 valence electrons. The van der Waals surface area contributed by atoms with Crippen LogP contribution in [0.25, 0.3) is 6.08 Å². The van der Waals surface area contributed by atoms with Gasteiger partial charge in [-0.2, -0.15) is 0 Å². The van der Waals surface area contributed by atoms with Gasteiger partial charge < -0.3 is 5.32 Å². The second-order valence-corrected chi connectivity index (χ2v) is 7.56. The molecule has 0 atom stereocenters. The molecule has 2 aromatic rings. The van der Waals surface area contributed by atoms with Crippen LogP contribution in [0.4, 0.5) is 0 Å². The summed E-state index contributed by atoms with van der Waals surface area (Å²) in [4.78, 5) is 14.8. The van der Waals surface area contributed by atoms with Crippen LogP contribution in [0.5, 0.6) is 0 Å². The number of carbonyl (C=O) groups excluding carboxylic acids is 1. The molecule has 1 aliphatic rings. The maximum atomic E-state index is 11.8. The number of carbonyl (C=O) groups is 1. The minimum Gasteiger partial charge on any atom is -0.307 e. The Morgan fingerprint density at radius 3 is 2.45 bits per heavy atom. The van der Waals surface area contributed by atoms with Crippen LogP contribution in [0.3, 0.4) is 0 Å². The van der Waals surface area contributed by atoms with E-state index in [0.29, 0.717) is 9.23 Å². The van der Waals surface area contributed by atoms with Gasteiger partial charge in [0.05, 0.1) is 4.91 Å². The first kappa shape index (κ1) is 15.3. The molecule has 3 rings (SSSR count). The number of rotatable bonds is 3. The van der Waals surface area contributed by atoms with E-state index in [2.05, 4.69) is 30.4 Å². The Labute approximate surface area is 143 Å². The van der Waals surface area contributed by atoms with Crippen molar-refractivity contribution < 1.29 is 4.79 Å². The van der Waals surface area contributed by atoms with Gasteiger partial charge in [0.1, 0.15) is 4.32 Å². The van der Waals surface area contributed by atoms with Crippen molar-refractivity contribution in [1.82, 2.24) is 5.32 Å². The highest BCUT2D eigenvalue weighted by atomic mass is 32.2. The minimum atomic E-state index is -0.120. The first-order chi connectivity index (χ1) is 10.6. The Morgan fingerprint density at radius 1 is 1.09 bits per heavy atom. The number of benzene rings is 2. The quantitative estimate of drug-likeness (QED) is 0.649. The maximum Gasteiger partial charge on any atom is 0.263 e. The Hall–Kier alpha value is -1.56. The maximum absolute atomic E-state index is 11.8. The predicted octanol–water partition coefficient (Wildman–Crippen LogP) is 4.64. The number of hydrogen-bond donors (Lipinski definition) is 1. The average molecular weight is 343 g/mol. The second-order valence-electron chi connectivity index (χ2n) is 4.76. The highest BCUT2D eigenvalue weighted by Crippen LogP contribution is 2.35. The van der Waals surface area contributed by atoms with Crippen molar-refractivity contribution in [2.24, 2.45) is 0 Å². The topological polar surface area (TPSA) is 29.1 Å². The van der Waals surface area contributed by atoms with Gasteiger partial charge in [0.25, 0.3) is 5.91 Å². The summed E-state index contributed by atoms with van der Waals surface area (Å²) in [7, 11) is 0. The zero-order valence-corrected chi connectivity index (χ0v) is 14.3. The van der Waals surface area contributed by atoms with E-state index in [1.165, 1.54) is 22.2 Å². The fraction of sp³-hybridized carbons (Fsp3) is 0.0588. The molecule has 0 radical (unpaired) electrons. The highest BCUT2D eigenvalue weighted by molar-refractivity contribution is 8.26. The lowest BCUT2D eigenvalue weighted by molar-refractivity contribution is -0.115. The molecular weight excluding hydrogens is 330 g/mol. The standard InChI is InChI=1S/C17H13NOS3/c1-11-6-2-4-8-13(11)21-14-9-5-3-7-12(14)10-15-16(19)18-17(20)22-15/h2-10H,1H3,(H,18,19,20).